The molecule has 3 fully saturated rings. The van der Waals surface area contributed by atoms with Crippen molar-refractivity contribution in [3.05, 3.63) is 0 Å². The van der Waals surface area contributed by atoms with Crippen LogP contribution in [-0.4, -0.2) is 44.6 Å². The van der Waals surface area contributed by atoms with Crippen LogP contribution in [0.25, 0.3) is 0 Å². The van der Waals surface area contributed by atoms with Crippen LogP contribution in [0.2, 0.25) is 0 Å². The largest absolute Gasteiger partial charge is 0.381 e. The van der Waals surface area contributed by atoms with Gasteiger partial charge in [0.1, 0.15) is 9.84 Å². The van der Waals surface area contributed by atoms with Crippen LogP contribution in [0.5, 0.6) is 0 Å². The molecule has 0 N–H and O–H groups in total. The average molecular weight is 617 g/mol. The van der Waals surface area contributed by atoms with E-state index in [0.29, 0.717) is 35.2 Å². The molecule has 0 aromatic heterocycles. The number of hydrogen-bond acceptors (Lipinski definition) is 4. The summed E-state index contributed by atoms with van der Waals surface area (Å²) < 4.78 is 28.1. The van der Waals surface area contributed by atoms with E-state index < -0.39 is 9.84 Å². The zero-order valence-electron chi connectivity index (χ0n) is 29.5. The lowest BCUT2D eigenvalue weighted by atomic mass is 9.73. The fraction of sp³-hybridized carbons (Fsp3) is 1.00. The Morgan fingerprint density at radius 1 is 0.488 bits per heavy atom. The van der Waals surface area contributed by atoms with E-state index in [1.165, 1.54) is 37.2 Å². The topological polar surface area (TPSA) is 43.4 Å². The summed E-state index contributed by atoms with van der Waals surface area (Å²) in [7, 11) is -2.70. The van der Waals surface area contributed by atoms with E-state index in [2.05, 4.69) is 94.8 Å². The van der Waals surface area contributed by atoms with Gasteiger partial charge in [0, 0.05) is 13.2 Å². The Morgan fingerprint density at radius 2 is 0.780 bits per heavy atom. The molecule has 0 unspecified atom stereocenters. The summed E-state index contributed by atoms with van der Waals surface area (Å²) in [4.78, 5) is 0. The first-order valence-electron chi connectivity index (χ1n) is 17.4. The van der Waals surface area contributed by atoms with Crippen LogP contribution in [0.15, 0.2) is 0 Å². The quantitative estimate of drug-likeness (QED) is 0.258. The van der Waals surface area contributed by atoms with Crippen molar-refractivity contribution in [3.63, 3.8) is 0 Å². The van der Waals surface area contributed by atoms with Gasteiger partial charge in [0.15, 0.2) is 0 Å². The first-order valence-corrected chi connectivity index (χ1v) is 20.4. The smallest absolute Gasteiger partial charge is 0.150 e. The molecule has 5 heteroatoms. The van der Waals surface area contributed by atoms with E-state index in [0.717, 1.165) is 73.4 Å². The summed E-state index contributed by atoms with van der Waals surface area (Å²) in [5.41, 5.74) is 0. The van der Waals surface area contributed by atoms with E-state index in [1.54, 1.807) is 0 Å². The molecule has 41 heavy (non-hydrogen) atoms. The van der Waals surface area contributed by atoms with Gasteiger partial charge in [0.2, 0.25) is 0 Å². The Kier molecular flexibility index (Phi) is 18.8. The lowest BCUT2D eigenvalue weighted by Gasteiger charge is -2.35. The fourth-order valence-electron chi connectivity index (χ4n) is 9.07. The maximum atomic E-state index is 11.4. The second-order valence-electron chi connectivity index (χ2n) is 15.6. The van der Waals surface area contributed by atoms with Crippen LogP contribution < -0.4 is 0 Å². The highest BCUT2D eigenvalue weighted by Crippen LogP contribution is 2.38. The molecule has 0 aliphatic carbocycles. The highest BCUT2D eigenvalue weighted by Gasteiger charge is 2.33. The summed E-state index contributed by atoms with van der Waals surface area (Å²) in [5, 5.41) is 0. The van der Waals surface area contributed by atoms with Crippen molar-refractivity contribution >= 4 is 21.6 Å². The summed E-state index contributed by atoms with van der Waals surface area (Å²) in [6.45, 7) is 30.0. The Labute approximate surface area is 262 Å². The second-order valence-corrected chi connectivity index (χ2v) is 19.1. The van der Waals surface area contributed by atoms with Crippen LogP contribution in [0.4, 0.5) is 0 Å². The van der Waals surface area contributed by atoms with Crippen LogP contribution in [0.3, 0.4) is 0 Å². The molecule has 3 rings (SSSR count). The number of thioether (sulfide) groups is 1. The molecule has 0 spiro atoms. The van der Waals surface area contributed by atoms with Gasteiger partial charge in [-0.2, -0.15) is 11.8 Å². The molecule has 0 atom stereocenters. The highest BCUT2D eigenvalue weighted by atomic mass is 32.2. The molecule has 0 aromatic rings. The lowest BCUT2D eigenvalue weighted by molar-refractivity contribution is 0.0254. The maximum absolute atomic E-state index is 11.4. The number of sulfone groups is 1. The third-order valence-corrected chi connectivity index (χ3v) is 13.1. The van der Waals surface area contributed by atoms with Crippen molar-refractivity contribution in [2.24, 2.45) is 71.0 Å². The standard InChI is InChI=1S/C12H24O2S.C12H24O.C12H24S/c1-9(2)12(10(3)4)11-5-7-15(13,14)8-6-11;2*1-9(2)12(10(3)4)11-5-7-13-8-6-11/h9-12H,5-8H2,1-4H3;2*9-12H,5-8H2,1-4H3. The van der Waals surface area contributed by atoms with Gasteiger partial charge in [-0.1, -0.05) is 83.1 Å². The second kappa shape index (κ2) is 19.6. The van der Waals surface area contributed by atoms with Gasteiger partial charge in [-0.3, -0.25) is 0 Å². The molecule has 3 heterocycles. The minimum Gasteiger partial charge on any atom is -0.381 e. The minimum absolute atomic E-state index is 0.410. The van der Waals surface area contributed by atoms with E-state index in [1.807, 2.05) is 0 Å². The van der Waals surface area contributed by atoms with Gasteiger partial charge in [-0.25, -0.2) is 8.42 Å². The van der Waals surface area contributed by atoms with Crippen molar-refractivity contribution in [3.8, 4) is 0 Å². The van der Waals surface area contributed by atoms with Gasteiger partial charge in [-0.05, 0) is 121 Å². The van der Waals surface area contributed by atoms with Gasteiger partial charge >= 0.3 is 0 Å². The molecule has 3 nitrogen and oxygen atoms in total. The van der Waals surface area contributed by atoms with Crippen molar-refractivity contribution in [2.45, 2.75) is 122 Å². The number of hydrogen-bond donors (Lipinski definition) is 0. The summed E-state index contributed by atoms with van der Waals surface area (Å²) in [5.74, 6) is 13.4. The Bertz CT molecular complexity index is 688. The molecule has 0 saturated carbocycles. The van der Waals surface area contributed by atoms with E-state index >= 15 is 0 Å². The fourth-order valence-corrected chi connectivity index (χ4v) is 11.7. The molecule has 0 aromatic carbocycles. The Balaban J connectivity index is 0.000000309. The van der Waals surface area contributed by atoms with Crippen LogP contribution >= 0.6 is 11.8 Å². The first-order chi connectivity index (χ1) is 19.1. The van der Waals surface area contributed by atoms with E-state index in [9.17, 15) is 8.42 Å². The van der Waals surface area contributed by atoms with Crippen molar-refractivity contribution in [2.75, 3.05) is 36.2 Å². The molecule has 246 valence electrons. The van der Waals surface area contributed by atoms with Crippen molar-refractivity contribution in [1.29, 1.82) is 0 Å². The zero-order valence-corrected chi connectivity index (χ0v) is 31.1. The summed E-state index contributed by atoms with van der Waals surface area (Å²) >= 11 is 2.14. The predicted octanol–water partition coefficient (Wildman–Crippen LogP) is 10.1. The van der Waals surface area contributed by atoms with Gasteiger partial charge in [-0.15, -0.1) is 0 Å². The van der Waals surface area contributed by atoms with Crippen molar-refractivity contribution in [1.82, 2.24) is 0 Å². The van der Waals surface area contributed by atoms with E-state index in [-0.39, 0.29) is 0 Å². The SMILES string of the molecule is CC(C)C(C(C)C)C1CCOCC1.CC(C)C(C(C)C)C1CCS(=O)(=O)CC1.CC(C)C(C(C)C)C1CCSCC1. The van der Waals surface area contributed by atoms with Crippen LogP contribution in [0.1, 0.15) is 122 Å². The molecule has 3 aliphatic rings. The highest BCUT2D eigenvalue weighted by molar-refractivity contribution is 7.99. The van der Waals surface area contributed by atoms with Crippen molar-refractivity contribution < 1.29 is 13.2 Å². The normalized spacial score (nSPS) is 21.4. The lowest BCUT2D eigenvalue weighted by Crippen LogP contribution is -2.33. The molecule has 0 amide bonds. The Hall–Kier alpha value is 0.260. The molecule has 0 radical (unpaired) electrons. The maximum Gasteiger partial charge on any atom is 0.150 e. The molecule has 3 aliphatic heterocycles. The summed E-state index contributed by atoms with van der Waals surface area (Å²) in [6, 6.07) is 0. The predicted molar refractivity (Wildman–Crippen MR) is 184 cm³/mol. The molecule has 0 bridgehead atoms. The number of ether oxygens (including phenoxy) is 1. The third-order valence-electron chi connectivity index (χ3n) is 10.4. The number of rotatable bonds is 9. The minimum atomic E-state index is -2.70. The van der Waals surface area contributed by atoms with Gasteiger partial charge in [0.05, 0.1) is 11.5 Å². The monoisotopic (exact) mass is 616 g/mol. The molecule has 3 saturated heterocycles. The Morgan fingerprint density at radius 3 is 1.10 bits per heavy atom. The van der Waals surface area contributed by atoms with Crippen LogP contribution in [0, 0.1) is 71.0 Å². The zero-order chi connectivity index (χ0) is 31.3. The summed E-state index contributed by atoms with van der Waals surface area (Å²) in [6.07, 6.45) is 7.24. The van der Waals surface area contributed by atoms with E-state index in [4.69, 9.17) is 4.74 Å². The van der Waals surface area contributed by atoms with Gasteiger partial charge in [0.25, 0.3) is 0 Å². The third kappa shape index (κ3) is 14.3. The molecular weight excluding hydrogens is 545 g/mol. The van der Waals surface area contributed by atoms with Gasteiger partial charge < -0.3 is 4.74 Å². The van der Waals surface area contributed by atoms with Crippen LogP contribution in [-0.2, 0) is 14.6 Å². The molecular formula is C36H72O3S2. The first kappa shape index (κ1) is 39.3. The average Bonchev–Trinajstić information content (AvgIpc) is 2.86.